The average molecular weight is 382 g/mol. The summed E-state index contributed by atoms with van der Waals surface area (Å²) in [7, 11) is 0. The average Bonchev–Trinajstić information content (AvgIpc) is 3.24. The fourth-order valence-corrected chi connectivity index (χ4v) is 4.71. The van der Waals surface area contributed by atoms with Crippen molar-refractivity contribution in [2.45, 2.75) is 48.1 Å². The standard InChI is InChI=1S/C22H22O4S/c1-22(2)25-19(15-9-5-3-6-10-15)20(26-22)21(17-13-14-18(23)24-17)27-16-11-7-4-8-12-16/h3-14,17,19-21H,1-2H3/t17?,19-,20-,21?/m1/s1. The molecule has 0 aliphatic carbocycles. The number of hydrogen-bond donors (Lipinski definition) is 0. The van der Waals surface area contributed by atoms with E-state index < -0.39 is 5.79 Å². The molecule has 4 rings (SSSR count). The second-order valence-electron chi connectivity index (χ2n) is 7.09. The third-order valence-electron chi connectivity index (χ3n) is 4.59. The quantitative estimate of drug-likeness (QED) is 0.562. The van der Waals surface area contributed by atoms with Gasteiger partial charge in [0.2, 0.25) is 0 Å². The van der Waals surface area contributed by atoms with Gasteiger partial charge in [-0.2, -0.15) is 0 Å². The lowest BCUT2D eigenvalue weighted by molar-refractivity contribution is -0.149. The minimum absolute atomic E-state index is 0.137. The van der Waals surface area contributed by atoms with E-state index in [-0.39, 0.29) is 29.5 Å². The van der Waals surface area contributed by atoms with Gasteiger partial charge in [0.05, 0.1) is 5.25 Å². The van der Waals surface area contributed by atoms with Crippen LogP contribution < -0.4 is 0 Å². The van der Waals surface area contributed by atoms with Crippen molar-refractivity contribution in [3.05, 3.63) is 78.4 Å². The first-order valence-electron chi connectivity index (χ1n) is 9.03. The Balaban J connectivity index is 1.68. The van der Waals surface area contributed by atoms with E-state index >= 15 is 0 Å². The van der Waals surface area contributed by atoms with Crippen molar-refractivity contribution in [2.24, 2.45) is 0 Å². The third kappa shape index (κ3) is 4.10. The Morgan fingerprint density at radius 1 is 0.963 bits per heavy atom. The van der Waals surface area contributed by atoms with Crippen molar-refractivity contribution in [1.29, 1.82) is 0 Å². The Hall–Kier alpha value is -2.08. The number of rotatable bonds is 5. The predicted molar refractivity (Wildman–Crippen MR) is 104 cm³/mol. The van der Waals surface area contributed by atoms with Gasteiger partial charge in [0.15, 0.2) is 5.79 Å². The summed E-state index contributed by atoms with van der Waals surface area (Å²) in [5.41, 5.74) is 1.06. The van der Waals surface area contributed by atoms with E-state index in [2.05, 4.69) is 12.1 Å². The summed E-state index contributed by atoms with van der Waals surface area (Å²) in [6.45, 7) is 3.84. The second kappa shape index (κ2) is 7.50. The number of benzene rings is 2. The van der Waals surface area contributed by atoms with E-state index in [4.69, 9.17) is 14.2 Å². The highest BCUT2D eigenvalue weighted by Gasteiger charge is 2.49. The maximum atomic E-state index is 11.7. The predicted octanol–water partition coefficient (Wildman–Crippen LogP) is 4.52. The SMILES string of the molecule is CC1(C)O[C@H](c2ccccc2)[C@H](C(Sc2ccccc2)C2C=CC(=O)O2)O1. The molecule has 0 amide bonds. The molecule has 0 bridgehead atoms. The summed E-state index contributed by atoms with van der Waals surface area (Å²) >= 11 is 1.65. The van der Waals surface area contributed by atoms with Crippen LogP contribution in [0.5, 0.6) is 0 Å². The maximum Gasteiger partial charge on any atom is 0.331 e. The van der Waals surface area contributed by atoms with Crippen molar-refractivity contribution in [1.82, 2.24) is 0 Å². The smallest absolute Gasteiger partial charge is 0.331 e. The molecule has 2 aromatic rings. The number of carbonyl (C=O) groups excluding carboxylic acids is 1. The Morgan fingerprint density at radius 3 is 2.26 bits per heavy atom. The lowest BCUT2D eigenvalue weighted by atomic mass is 9.99. The van der Waals surface area contributed by atoms with Crippen LogP contribution in [0.15, 0.2) is 77.7 Å². The van der Waals surface area contributed by atoms with Crippen LogP contribution in [0.4, 0.5) is 0 Å². The fraction of sp³-hybridized carbons (Fsp3) is 0.318. The highest BCUT2D eigenvalue weighted by atomic mass is 32.2. The van der Waals surface area contributed by atoms with Gasteiger partial charge in [0, 0.05) is 11.0 Å². The van der Waals surface area contributed by atoms with Crippen LogP contribution in [0.25, 0.3) is 0 Å². The fourth-order valence-electron chi connectivity index (χ4n) is 3.47. The lowest BCUT2D eigenvalue weighted by Crippen LogP contribution is -2.38. The van der Waals surface area contributed by atoms with E-state index in [1.807, 2.05) is 68.5 Å². The van der Waals surface area contributed by atoms with Gasteiger partial charge >= 0.3 is 5.97 Å². The van der Waals surface area contributed by atoms with Gasteiger partial charge in [-0.05, 0) is 37.6 Å². The molecule has 4 nitrogen and oxygen atoms in total. The van der Waals surface area contributed by atoms with Crippen molar-refractivity contribution in [3.63, 3.8) is 0 Å². The molecule has 0 aromatic heterocycles. The number of ether oxygens (including phenoxy) is 3. The molecular formula is C22H22O4S. The largest absolute Gasteiger partial charge is 0.454 e. The molecule has 0 spiro atoms. The van der Waals surface area contributed by atoms with E-state index in [1.165, 1.54) is 6.08 Å². The highest BCUT2D eigenvalue weighted by Crippen LogP contribution is 2.45. The number of esters is 1. The Bertz CT molecular complexity index is 819. The zero-order valence-corrected chi connectivity index (χ0v) is 16.1. The van der Waals surface area contributed by atoms with Gasteiger partial charge < -0.3 is 14.2 Å². The molecule has 2 aliphatic rings. The summed E-state index contributed by atoms with van der Waals surface area (Å²) in [5.74, 6) is -1.03. The molecule has 2 aliphatic heterocycles. The van der Waals surface area contributed by atoms with Crippen LogP contribution in [0.1, 0.15) is 25.5 Å². The Morgan fingerprint density at radius 2 is 1.63 bits per heavy atom. The first kappa shape index (κ1) is 18.3. The first-order valence-corrected chi connectivity index (χ1v) is 9.91. The van der Waals surface area contributed by atoms with Crippen molar-refractivity contribution >= 4 is 17.7 Å². The van der Waals surface area contributed by atoms with E-state index in [1.54, 1.807) is 11.8 Å². The molecule has 2 aromatic carbocycles. The van der Waals surface area contributed by atoms with Crippen LogP contribution in [0.3, 0.4) is 0 Å². The van der Waals surface area contributed by atoms with Gasteiger partial charge in [-0.15, -0.1) is 11.8 Å². The summed E-state index contributed by atoms with van der Waals surface area (Å²) in [5, 5.41) is -0.137. The maximum absolute atomic E-state index is 11.7. The van der Waals surface area contributed by atoms with Gasteiger partial charge in [0.25, 0.3) is 0 Å². The summed E-state index contributed by atoms with van der Waals surface area (Å²) in [4.78, 5) is 12.8. The number of thioether (sulfide) groups is 1. The molecule has 27 heavy (non-hydrogen) atoms. The molecular weight excluding hydrogens is 360 g/mol. The molecule has 1 fully saturated rings. The molecule has 1 saturated heterocycles. The Labute approximate surface area is 163 Å². The van der Waals surface area contributed by atoms with E-state index in [9.17, 15) is 4.79 Å². The topological polar surface area (TPSA) is 44.8 Å². The van der Waals surface area contributed by atoms with Crippen molar-refractivity contribution < 1.29 is 19.0 Å². The molecule has 2 unspecified atom stereocenters. The molecule has 0 saturated carbocycles. The van der Waals surface area contributed by atoms with Crippen LogP contribution >= 0.6 is 11.8 Å². The molecule has 5 heteroatoms. The summed E-state index contributed by atoms with van der Waals surface area (Å²) in [6.07, 6.45) is 2.43. The number of hydrogen-bond acceptors (Lipinski definition) is 5. The first-order chi connectivity index (χ1) is 13.0. The van der Waals surface area contributed by atoms with E-state index in [0.29, 0.717) is 0 Å². The van der Waals surface area contributed by atoms with Crippen LogP contribution in [0.2, 0.25) is 0 Å². The molecule has 2 heterocycles. The molecule has 0 radical (unpaired) electrons. The van der Waals surface area contributed by atoms with Gasteiger partial charge in [-0.1, -0.05) is 48.5 Å². The van der Waals surface area contributed by atoms with Crippen LogP contribution in [0, 0.1) is 0 Å². The van der Waals surface area contributed by atoms with E-state index in [0.717, 1.165) is 10.5 Å². The molecule has 4 atom stereocenters. The summed E-state index contributed by atoms with van der Waals surface area (Å²) in [6, 6.07) is 20.2. The summed E-state index contributed by atoms with van der Waals surface area (Å²) < 4.78 is 18.1. The number of cyclic esters (lactones) is 1. The monoisotopic (exact) mass is 382 g/mol. The lowest BCUT2D eigenvalue weighted by Gasteiger charge is -2.29. The van der Waals surface area contributed by atoms with Crippen LogP contribution in [-0.4, -0.2) is 29.2 Å². The zero-order chi connectivity index (χ0) is 18.9. The van der Waals surface area contributed by atoms with Gasteiger partial charge in [-0.25, -0.2) is 4.79 Å². The normalized spacial score (nSPS) is 27.5. The second-order valence-corrected chi connectivity index (χ2v) is 8.34. The van der Waals surface area contributed by atoms with Crippen LogP contribution in [-0.2, 0) is 19.0 Å². The third-order valence-corrected chi connectivity index (χ3v) is 5.95. The minimum atomic E-state index is -0.715. The minimum Gasteiger partial charge on any atom is -0.454 e. The zero-order valence-electron chi connectivity index (χ0n) is 15.3. The van der Waals surface area contributed by atoms with Crippen molar-refractivity contribution in [3.8, 4) is 0 Å². The van der Waals surface area contributed by atoms with Crippen molar-refractivity contribution in [2.75, 3.05) is 0 Å². The molecule has 0 N–H and O–H groups in total. The highest BCUT2D eigenvalue weighted by molar-refractivity contribution is 8.00. The van der Waals surface area contributed by atoms with Gasteiger partial charge in [-0.3, -0.25) is 0 Å². The van der Waals surface area contributed by atoms with Gasteiger partial charge in [0.1, 0.15) is 18.3 Å². The number of carbonyl (C=O) groups is 1. The molecule has 140 valence electrons. The Kier molecular flexibility index (Phi) is 5.08.